The molecular weight excluding hydrogens is 164 g/mol. The first-order valence-corrected chi connectivity index (χ1v) is 5.03. The van der Waals surface area contributed by atoms with Gasteiger partial charge in [-0.2, -0.15) is 0 Å². The van der Waals surface area contributed by atoms with E-state index in [4.69, 9.17) is 4.74 Å². The van der Waals surface area contributed by atoms with E-state index in [1.165, 1.54) is 0 Å². The smallest absolute Gasteiger partial charge is 0.0652 e. The van der Waals surface area contributed by atoms with Crippen LogP contribution in [0.3, 0.4) is 0 Å². The Hall–Kier alpha value is -0.120. The Morgan fingerprint density at radius 2 is 2.08 bits per heavy atom. The van der Waals surface area contributed by atoms with Crippen molar-refractivity contribution < 1.29 is 4.74 Å². The van der Waals surface area contributed by atoms with Gasteiger partial charge in [-0.05, 0) is 13.5 Å². The number of methoxy groups -OCH3 is 1. The Labute approximate surface area is 81.2 Å². The molecule has 0 aliphatic heterocycles. The highest BCUT2D eigenvalue weighted by Crippen LogP contribution is 2.42. The van der Waals surface area contributed by atoms with Gasteiger partial charge in [0.15, 0.2) is 0 Å². The summed E-state index contributed by atoms with van der Waals surface area (Å²) in [5, 5.41) is 6.66. The minimum Gasteiger partial charge on any atom is -0.381 e. The monoisotopic (exact) mass is 186 g/mol. The summed E-state index contributed by atoms with van der Waals surface area (Å²) < 4.78 is 5.38. The fraction of sp³-hybridized carbons (Fsp3) is 1.00. The van der Waals surface area contributed by atoms with Crippen molar-refractivity contribution in [3.8, 4) is 0 Å². The molecule has 0 saturated heterocycles. The average molecular weight is 186 g/mol. The molecule has 0 aromatic rings. The molecule has 78 valence electrons. The van der Waals surface area contributed by atoms with Crippen molar-refractivity contribution in [1.29, 1.82) is 0 Å². The van der Waals surface area contributed by atoms with Crippen LogP contribution in [0.25, 0.3) is 0 Å². The maximum Gasteiger partial charge on any atom is 0.0652 e. The molecule has 0 heterocycles. The zero-order valence-electron chi connectivity index (χ0n) is 9.18. The summed E-state index contributed by atoms with van der Waals surface area (Å²) in [5.74, 6) is 0. The molecule has 0 radical (unpaired) electrons. The van der Waals surface area contributed by atoms with Crippen molar-refractivity contribution in [3.63, 3.8) is 0 Å². The van der Waals surface area contributed by atoms with Gasteiger partial charge in [0.25, 0.3) is 0 Å². The van der Waals surface area contributed by atoms with Crippen LogP contribution in [0.15, 0.2) is 0 Å². The number of rotatable bonds is 5. The normalized spacial score (nSPS) is 31.4. The first kappa shape index (κ1) is 11.0. The van der Waals surface area contributed by atoms with Crippen molar-refractivity contribution in [2.45, 2.75) is 32.4 Å². The van der Waals surface area contributed by atoms with E-state index in [1.807, 2.05) is 7.05 Å². The van der Waals surface area contributed by atoms with Crippen molar-refractivity contribution in [1.82, 2.24) is 10.6 Å². The second-order valence-electron chi connectivity index (χ2n) is 4.39. The minimum atomic E-state index is 0.294. The van der Waals surface area contributed by atoms with E-state index in [0.717, 1.165) is 19.5 Å². The summed E-state index contributed by atoms with van der Waals surface area (Å²) in [4.78, 5) is 0. The number of likely N-dealkylation sites (N-methyl/N-ethyl adjacent to an activating group) is 1. The molecular formula is C10H22N2O. The first-order chi connectivity index (χ1) is 6.12. The van der Waals surface area contributed by atoms with Gasteiger partial charge in [0.2, 0.25) is 0 Å². The third-order valence-corrected chi connectivity index (χ3v) is 3.23. The number of hydrogen-bond acceptors (Lipinski definition) is 3. The Balaban J connectivity index is 2.23. The Morgan fingerprint density at radius 1 is 1.38 bits per heavy atom. The fourth-order valence-corrected chi connectivity index (χ4v) is 2.00. The highest BCUT2D eigenvalue weighted by atomic mass is 16.5. The molecule has 2 unspecified atom stereocenters. The maximum atomic E-state index is 5.38. The molecule has 3 heteroatoms. The van der Waals surface area contributed by atoms with E-state index in [0.29, 0.717) is 17.6 Å². The quantitative estimate of drug-likeness (QED) is 0.617. The molecule has 13 heavy (non-hydrogen) atoms. The second-order valence-corrected chi connectivity index (χ2v) is 4.39. The summed E-state index contributed by atoms with van der Waals surface area (Å²) in [6.45, 7) is 6.61. The molecule has 0 aromatic carbocycles. The Kier molecular flexibility index (Phi) is 3.71. The molecule has 0 bridgehead atoms. The number of hydrogen-bond donors (Lipinski definition) is 2. The SMILES string of the molecule is CNCCNC1CC(OC)C1(C)C. The second kappa shape index (κ2) is 4.40. The molecule has 0 spiro atoms. The van der Waals surface area contributed by atoms with E-state index in [9.17, 15) is 0 Å². The van der Waals surface area contributed by atoms with Crippen LogP contribution in [-0.4, -0.2) is 39.4 Å². The van der Waals surface area contributed by atoms with Gasteiger partial charge in [-0.25, -0.2) is 0 Å². The molecule has 1 fully saturated rings. The lowest BCUT2D eigenvalue weighted by molar-refractivity contribution is -0.0970. The lowest BCUT2D eigenvalue weighted by atomic mass is 9.64. The van der Waals surface area contributed by atoms with Gasteiger partial charge in [0, 0.05) is 31.7 Å². The van der Waals surface area contributed by atoms with E-state index in [1.54, 1.807) is 7.11 Å². The van der Waals surface area contributed by atoms with E-state index < -0.39 is 0 Å². The zero-order valence-corrected chi connectivity index (χ0v) is 9.18. The number of ether oxygens (including phenoxy) is 1. The van der Waals surface area contributed by atoms with E-state index in [-0.39, 0.29) is 0 Å². The predicted molar refractivity (Wildman–Crippen MR) is 54.9 cm³/mol. The summed E-state index contributed by atoms with van der Waals surface area (Å²) in [6.07, 6.45) is 1.58. The fourth-order valence-electron chi connectivity index (χ4n) is 2.00. The van der Waals surface area contributed by atoms with Gasteiger partial charge in [0.05, 0.1) is 6.10 Å². The summed E-state index contributed by atoms with van der Waals surface area (Å²) in [7, 11) is 3.78. The molecule has 1 saturated carbocycles. The highest BCUT2D eigenvalue weighted by molar-refractivity contribution is 5.02. The van der Waals surface area contributed by atoms with Crippen LogP contribution < -0.4 is 10.6 Å². The molecule has 0 aromatic heterocycles. The highest BCUT2D eigenvalue weighted by Gasteiger charge is 2.47. The molecule has 1 rings (SSSR count). The van der Waals surface area contributed by atoms with Gasteiger partial charge >= 0.3 is 0 Å². The predicted octanol–water partition coefficient (Wildman–Crippen LogP) is 0.609. The van der Waals surface area contributed by atoms with Gasteiger partial charge in [-0.1, -0.05) is 13.8 Å². The Bertz CT molecular complexity index is 159. The van der Waals surface area contributed by atoms with Crippen LogP contribution in [0.2, 0.25) is 0 Å². The average Bonchev–Trinajstić information content (AvgIpc) is 2.10. The third-order valence-electron chi connectivity index (χ3n) is 3.23. The minimum absolute atomic E-state index is 0.294. The maximum absolute atomic E-state index is 5.38. The summed E-state index contributed by atoms with van der Waals surface area (Å²) in [5.41, 5.74) is 0.294. The zero-order chi connectivity index (χ0) is 9.90. The van der Waals surface area contributed by atoms with Gasteiger partial charge < -0.3 is 15.4 Å². The van der Waals surface area contributed by atoms with Crippen LogP contribution in [0.4, 0.5) is 0 Å². The van der Waals surface area contributed by atoms with Crippen LogP contribution >= 0.6 is 0 Å². The van der Waals surface area contributed by atoms with Crippen LogP contribution in [0.5, 0.6) is 0 Å². The lowest BCUT2D eigenvalue weighted by Gasteiger charge is -2.51. The van der Waals surface area contributed by atoms with Crippen molar-refractivity contribution >= 4 is 0 Å². The van der Waals surface area contributed by atoms with Crippen molar-refractivity contribution in [2.75, 3.05) is 27.2 Å². The standard InChI is InChI=1S/C10H22N2O/c1-10(2)8(7-9(10)13-4)12-6-5-11-3/h8-9,11-12H,5-7H2,1-4H3. The summed E-state index contributed by atoms with van der Waals surface area (Å²) >= 11 is 0. The third kappa shape index (κ3) is 2.22. The van der Waals surface area contributed by atoms with Crippen LogP contribution in [-0.2, 0) is 4.74 Å². The molecule has 2 atom stereocenters. The van der Waals surface area contributed by atoms with Gasteiger partial charge in [0.1, 0.15) is 0 Å². The molecule has 0 amide bonds. The van der Waals surface area contributed by atoms with Crippen molar-refractivity contribution in [2.24, 2.45) is 5.41 Å². The van der Waals surface area contributed by atoms with Crippen LogP contribution in [0.1, 0.15) is 20.3 Å². The molecule has 2 N–H and O–H groups in total. The molecule has 1 aliphatic rings. The largest absolute Gasteiger partial charge is 0.381 e. The van der Waals surface area contributed by atoms with E-state index in [2.05, 4.69) is 24.5 Å². The molecule has 3 nitrogen and oxygen atoms in total. The first-order valence-electron chi connectivity index (χ1n) is 5.03. The van der Waals surface area contributed by atoms with Crippen molar-refractivity contribution in [3.05, 3.63) is 0 Å². The van der Waals surface area contributed by atoms with Gasteiger partial charge in [-0.3, -0.25) is 0 Å². The van der Waals surface area contributed by atoms with Crippen LogP contribution in [0, 0.1) is 5.41 Å². The topological polar surface area (TPSA) is 33.3 Å². The lowest BCUT2D eigenvalue weighted by Crippen LogP contribution is -2.61. The Morgan fingerprint density at radius 3 is 2.54 bits per heavy atom. The summed E-state index contributed by atoms with van der Waals surface area (Å²) in [6, 6.07) is 0.616. The molecule has 1 aliphatic carbocycles. The van der Waals surface area contributed by atoms with E-state index >= 15 is 0 Å². The number of nitrogens with one attached hydrogen (secondary N) is 2. The van der Waals surface area contributed by atoms with Gasteiger partial charge in [-0.15, -0.1) is 0 Å².